The van der Waals surface area contributed by atoms with Gasteiger partial charge in [0.05, 0.1) is 17.1 Å². The molecule has 0 radical (unpaired) electrons. The number of rotatable bonds is 4. The second kappa shape index (κ2) is 6.94. The lowest BCUT2D eigenvalue weighted by Crippen LogP contribution is -2.29. The highest BCUT2D eigenvalue weighted by Gasteiger charge is 2.13. The third kappa shape index (κ3) is 4.21. The molecule has 6 heteroatoms. The van der Waals surface area contributed by atoms with Gasteiger partial charge in [-0.15, -0.1) is 0 Å². The molecule has 0 fully saturated rings. The number of nitrogens with one attached hydrogen (secondary N) is 1. The van der Waals surface area contributed by atoms with E-state index in [0.717, 1.165) is 0 Å². The molecule has 1 N–H and O–H groups in total. The van der Waals surface area contributed by atoms with Crippen molar-refractivity contribution in [3.8, 4) is 0 Å². The van der Waals surface area contributed by atoms with Crippen LogP contribution in [0.3, 0.4) is 0 Å². The summed E-state index contributed by atoms with van der Waals surface area (Å²) in [6.45, 7) is -0.151. The number of carbonyl (C=O) groups is 2. The summed E-state index contributed by atoms with van der Waals surface area (Å²) in [4.78, 5) is 23.9. The first-order valence-electron chi connectivity index (χ1n) is 5.99. The minimum Gasteiger partial charge on any atom is -0.345 e. The van der Waals surface area contributed by atoms with E-state index in [1.54, 1.807) is 30.3 Å². The van der Waals surface area contributed by atoms with E-state index in [9.17, 15) is 9.59 Å². The van der Waals surface area contributed by atoms with Crippen LogP contribution < -0.4 is 5.32 Å². The first-order valence-corrected chi connectivity index (χ1v) is 7.13. The molecular formula is C15H10Cl3NO2. The predicted octanol–water partition coefficient (Wildman–Crippen LogP) is 4.26. The fourth-order valence-corrected chi connectivity index (χ4v) is 2.26. The topological polar surface area (TPSA) is 46.2 Å². The minimum atomic E-state index is -0.460. The van der Waals surface area contributed by atoms with Crippen LogP contribution in [-0.2, 0) is 0 Å². The highest BCUT2D eigenvalue weighted by atomic mass is 35.5. The molecule has 0 saturated carbocycles. The summed E-state index contributed by atoms with van der Waals surface area (Å²) < 4.78 is 0. The molecule has 2 aromatic rings. The molecule has 1 amide bonds. The summed E-state index contributed by atoms with van der Waals surface area (Å²) in [5.74, 6) is -0.707. The summed E-state index contributed by atoms with van der Waals surface area (Å²) in [6.07, 6.45) is 0. The second-order valence-corrected chi connectivity index (χ2v) is 5.52. The molecule has 0 atom stereocenters. The Morgan fingerprint density at radius 3 is 2.38 bits per heavy atom. The van der Waals surface area contributed by atoms with Gasteiger partial charge in [-0.25, -0.2) is 0 Å². The van der Waals surface area contributed by atoms with Gasteiger partial charge in [0.15, 0.2) is 5.78 Å². The van der Waals surface area contributed by atoms with Gasteiger partial charge in [-0.1, -0.05) is 46.9 Å². The molecule has 21 heavy (non-hydrogen) atoms. The van der Waals surface area contributed by atoms with Crippen molar-refractivity contribution in [1.82, 2.24) is 5.32 Å². The van der Waals surface area contributed by atoms with E-state index >= 15 is 0 Å². The SMILES string of the molecule is O=C(CNC(=O)c1cc(Cl)ccc1Cl)c1cccc(Cl)c1. The lowest BCUT2D eigenvalue weighted by Gasteiger charge is -2.07. The lowest BCUT2D eigenvalue weighted by atomic mass is 10.1. The summed E-state index contributed by atoms with van der Waals surface area (Å²) in [6, 6.07) is 11.1. The van der Waals surface area contributed by atoms with Crippen molar-refractivity contribution in [2.45, 2.75) is 0 Å². The molecule has 108 valence electrons. The number of benzene rings is 2. The van der Waals surface area contributed by atoms with Crippen LogP contribution >= 0.6 is 34.8 Å². The molecule has 0 unspecified atom stereocenters. The van der Waals surface area contributed by atoms with E-state index in [1.165, 1.54) is 12.1 Å². The molecule has 0 bridgehead atoms. The van der Waals surface area contributed by atoms with Crippen LogP contribution in [0.2, 0.25) is 15.1 Å². The molecule has 0 heterocycles. The van der Waals surface area contributed by atoms with Gasteiger partial charge in [0.1, 0.15) is 0 Å². The van der Waals surface area contributed by atoms with E-state index in [4.69, 9.17) is 34.8 Å². The van der Waals surface area contributed by atoms with Gasteiger partial charge in [-0.2, -0.15) is 0 Å². The van der Waals surface area contributed by atoms with Crippen molar-refractivity contribution in [1.29, 1.82) is 0 Å². The Labute approximate surface area is 136 Å². The number of amides is 1. The van der Waals surface area contributed by atoms with Crippen LogP contribution in [0.5, 0.6) is 0 Å². The predicted molar refractivity (Wildman–Crippen MR) is 84.6 cm³/mol. The van der Waals surface area contributed by atoms with Gasteiger partial charge in [0.25, 0.3) is 5.91 Å². The third-order valence-electron chi connectivity index (χ3n) is 2.73. The number of hydrogen-bond donors (Lipinski definition) is 1. The van der Waals surface area contributed by atoms with E-state index in [2.05, 4.69) is 5.32 Å². The van der Waals surface area contributed by atoms with Gasteiger partial charge < -0.3 is 5.32 Å². The Kier molecular flexibility index (Phi) is 5.23. The van der Waals surface area contributed by atoms with Crippen molar-refractivity contribution in [3.05, 3.63) is 68.7 Å². The van der Waals surface area contributed by atoms with Gasteiger partial charge in [0, 0.05) is 15.6 Å². The number of ketones is 1. The second-order valence-electron chi connectivity index (χ2n) is 4.24. The van der Waals surface area contributed by atoms with Crippen LogP contribution in [0, 0.1) is 0 Å². The van der Waals surface area contributed by atoms with Gasteiger partial charge in [-0.3, -0.25) is 9.59 Å². The quantitative estimate of drug-likeness (QED) is 0.844. The molecule has 0 aliphatic carbocycles. The van der Waals surface area contributed by atoms with Gasteiger partial charge in [0.2, 0.25) is 0 Å². The summed E-state index contributed by atoms with van der Waals surface area (Å²) in [5.41, 5.74) is 0.656. The number of Topliss-reactive ketones (excluding diaryl/α,β-unsaturated/α-hetero) is 1. The molecule has 0 aromatic heterocycles. The van der Waals surface area contributed by atoms with Crippen LogP contribution in [0.15, 0.2) is 42.5 Å². The molecule has 0 aliphatic rings. The Morgan fingerprint density at radius 1 is 0.952 bits per heavy atom. The zero-order chi connectivity index (χ0) is 15.4. The van der Waals surface area contributed by atoms with Crippen LogP contribution in [0.25, 0.3) is 0 Å². The number of carbonyl (C=O) groups excluding carboxylic acids is 2. The molecule has 0 aliphatic heterocycles. The standard InChI is InChI=1S/C15H10Cl3NO2/c16-10-3-1-2-9(6-10)14(20)8-19-15(21)12-7-11(17)4-5-13(12)18/h1-7H,8H2,(H,19,21). The maximum Gasteiger partial charge on any atom is 0.253 e. The maximum atomic E-state index is 12.0. The Hall–Kier alpha value is -1.55. The Bertz CT molecular complexity index is 701. The zero-order valence-electron chi connectivity index (χ0n) is 10.7. The van der Waals surface area contributed by atoms with E-state index in [1.807, 2.05) is 0 Å². The van der Waals surface area contributed by atoms with Crippen molar-refractivity contribution < 1.29 is 9.59 Å². The lowest BCUT2D eigenvalue weighted by molar-refractivity contribution is 0.0904. The molecule has 2 rings (SSSR count). The van der Waals surface area contributed by atoms with Crippen LogP contribution in [0.4, 0.5) is 0 Å². The molecule has 3 nitrogen and oxygen atoms in total. The van der Waals surface area contributed by atoms with Gasteiger partial charge >= 0.3 is 0 Å². The fraction of sp³-hybridized carbons (Fsp3) is 0.0667. The molecular weight excluding hydrogens is 333 g/mol. The van der Waals surface area contributed by atoms with Crippen molar-refractivity contribution in [2.24, 2.45) is 0 Å². The summed E-state index contributed by atoms with van der Waals surface area (Å²) in [7, 11) is 0. The summed E-state index contributed by atoms with van der Waals surface area (Å²) in [5, 5.41) is 3.64. The molecule has 2 aromatic carbocycles. The molecule has 0 spiro atoms. The van der Waals surface area contributed by atoms with Crippen LogP contribution in [0.1, 0.15) is 20.7 Å². The average molecular weight is 343 g/mol. The van der Waals surface area contributed by atoms with Crippen molar-refractivity contribution >= 4 is 46.5 Å². The van der Waals surface area contributed by atoms with Crippen molar-refractivity contribution in [2.75, 3.05) is 6.54 Å². The van der Waals surface area contributed by atoms with Crippen LogP contribution in [-0.4, -0.2) is 18.2 Å². The fourth-order valence-electron chi connectivity index (χ4n) is 1.69. The number of halogens is 3. The highest BCUT2D eigenvalue weighted by Crippen LogP contribution is 2.20. The zero-order valence-corrected chi connectivity index (χ0v) is 13.0. The third-order valence-corrected chi connectivity index (χ3v) is 3.53. The monoisotopic (exact) mass is 341 g/mol. The first kappa shape index (κ1) is 15.8. The van der Waals surface area contributed by atoms with Crippen molar-refractivity contribution in [3.63, 3.8) is 0 Å². The smallest absolute Gasteiger partial charge is 0.253 e. The largest absolute Gasteiger partial charge is 0.345 e. The number of hydrogen-bond acceptors (Lipinski definition) is 2. The van der Waals surface area contributed by atoms with E-state index < -0.39 is 5.91 Å². The average Bonchev–Trinajstić information content (AvgIpc) is 2.47. The molecule has 0 saturated heterocycles. The Balaban J connectivity index is 2.04. The maximum absolute atomic E-state index is 12.0. The normalized spacial score (nSPS) is 10.2. The van der Waals surface area contributed by atoms with Gasteiger partial charge in [-0.05, 0) is 30.3 Å². The van der Waals surface area contributed by atoms with E-state index in [0.29, 0.717) is 15.6 Å². The minimum absolute atomic E-state index is 0.151. The first-order chi connectivity index (χ1) is 9.97. The van der Waals surface area contributed by atoms with E-state index in [-0.39, 0.29) is 22.9 Å². The Morgan fingerprint density at radius 2 is 1.67 bits per heavy atom. The highest BCUT2D eigenvalue weighted by molar-refractivity contribution is 6.35. The summed E-state index contributed by atoms with van der Waals surface area (Å²) >= 11 is 17.6.